The van der Waals surface area contributed by atoms with Crippen LogP contribution in [-0.4, -0.2) is 51.3 Å². The van der Waals surface area contributed by atoms with E-state index < -0.39 is 0 Å². The maximum absolute atomic E-state index is 14.0. The first-order valence-electron chi connectivity index (χ1n) is 12.8. The number of amides is 1. The van der Waals surface area contributed by atoms with Crippen LogP contribution in [0.15, 0.2) is 36.5 Å². The van der Waals surface area contributed by atoms with E-state index in [2.05, 4.69) is 69.8 Å². The molecule has 0 radical (unpaired) electrons. The topological polar surface area (TPSA) is 77.9 Å². The molecule has 7 nitrogen and oxygen atoms in total. The second kappa shape index (κ2) is 10.6. The van der Waals surface area contributed by atoms with Crippen molar-refractivity contribution >= 4 is 51.4 Å². The van der Waals surface area contributed by atoms with Gasteiger partial charge in [-0.1, -0.05) is 28.7 Å². The van der Waals surface area contributed by atoms with Crippen molar-refractivity contribution in [1.29, 1.82) is 0 Å². The molecule has 5 rings (SSSR count). The third-order valence-electron chi connectivity index (χ3n) is 7.40. The van der Waals surface area contributed by atoms with E-state index in [0.29, 0.717) is 10.5 Å². The molecule has 8 heteroatoms. The minimum atomic E-state index is -0.00700. The molecular formula is C27H35IN4O3. The van der Waals surface area contributed by atoms with E-state index >= 15 is 0 Å². The number of carbonyl (C=O) groups is 1. The second-order valence-electron chi connectivity index (χ2n) is 10.2. The zero-order chi connectivity index (χ0) is 24.5. The normalized spacial score (nSPS) is 26.2. The summed E-state index contributed by atoms with van der Waals surface area (Å²) in [7, 11) is 0. The number of ether oxygens (including phenoxy) is 1. The van der Waals surface area contributed by atoms with Gasteiger partial charge >= 0.3 is 0 Å². The van der Waals surface area contributed by atoms with Crippen molar-refractivity contribution in [3.8, 4) is 0 Å². The van der Waals surface area contributed by atoms with Crippen molar-refractivity contribution in [2.75, 3.05) is 28.3 Å². The number of aromatic nitrogens is 1. The zero-order valence-electron chi connectivity index (χ0n) is 20.5. The molecule has 1 amide bonds. The minimum absolute atomic E-state index is 0.00700. The van der Waals surface area contributed by atoms with Gasteiger partial charge in [0.2, 0.25) is 5.91 Å². The van der Waals surface area contributed by atoms with Crippen LogP contribution in [-0.2, 0) is 16.1 Å². The number of alkyl halides is 1. The van der Waals surface area contributed by atoms with Crippen molar-refractivity contribution in [1.82, 2.24) is 4.98 Å². The molecule has 1 aliphatic carbocycles. The van der Waals surface area contributed by atoms with Gasteiger partial charge in [0.15, 0.2) is 0 Å². The number of rotatable bonds is 5. The van der Waals surface area contributed by atoms with E-state index in [0.717, 1.165) is 67.1 Å². The summed E-state index contributed by atoms with van der Waals surface area (Å²) in [5.74, 6) is 0.969. The van der Waals surface area contributed by atoms with Crippen LogP contribution in [0.5, 0.6) is 0 Å². The van der Waals surface area contributed by atoms with E-state index in [4.69, 9.17) is 4.74 Å². The van der Waals surface area contributed by atoms with Gasteiger partial charge in [0.1, 0.15) is 5.82 Å². The number of fused-ring (bicyclic) bond motifs is 2. The van der Waals surface area contributed by atoms with Crippen molar-refractivity contribution in [2.45, 2.75) is 74.7 Å². The molecule has 2 aromatic rings. The maximum Gasteiger partial charge on any atom is 0.230 e. The average molecular weight is 591 g/mol. The highest BCUT2D eigenvalue weighted by molar-refractivity contribution is 14.1. The first-order valence-corrected chi connectivity index (χ1v) is 14.0. The molecule has 0 unspecified atom stereocenters. The molecule has 35 heavy (non-hydrogen) atoms. The molecule has 1 saturated heterocycles. The van der Waals surface area contributed by atoms with Gasteiger partial charge in [-0.3, -0.25) is 4.79 Å². The summed E-state index contributed by atoms with van der Waals surface area (Å²) >= 11 is 2.47. The summed E-state index contributed by atoms with van der Waals surface area (Å²) < 4.78 is 6.52. The summed E-state index contributed by atoms with van der Waals surface area (Å²) in [6.07, 6.45) is 6.77. The van der Waals surface area contributed by atoms with E-state index in [9.17, 15) is 9.90 Å². The third-order valence-corrected chi connectivity index (χ3v) is 8.31. The first-order chi connectivity index (χ1) is 16.9. The highest BCUT2D eigenvalue weighted by atomic mass is 127. The molecule has 188 valence electrons. The third kappa shape index (κ3) is 5.29. The summed E-state index contributed by atoms with van der Waals surface area (Å²) in [6, 6.07) is 10.3. The molecule has 3 heterocycles. The van der Waals surface area contributed by atoms with E-state index in [-0.39, 0.29) is 36.7 Å². The van der Waals surface area contributed by atoms with Gasteiger partial charge in [-0.25, -0.2) is 4.98 Å². The summed E-state index contributed by atoms with van der Waals surface area (Å²) in [5, 5.41) is 13.4. The molecule has 1 aromatic heterocycles. The lowest BCUT2D eigenvalue weighted by Gasteiger charge is -2.33. The molecule has 1 saturated carbocycles. The number of pyridine rings is 1. The molecule has 2 N–H and O–H groups in total. The molecular weight excluding hydrogens is 555 g/mol. The van der Waals surface area contributed by atoms with Crippen LogP contribution in [0.25, 0.3) is 0 Å². The largest absolute Gasteiger partial charge is 0.394 e. The Morgan fingerprint density at radius 3 is 2.80 bits per heavy atom. The van der Waals surface area contributed by atoms with E-state index in [1.165, 1.54) is 0 Å². The molecule has 1 aromatic carbocycles. The van der Waals surface area contributed by atoms with Gasteiger partial charge in [0, 0.05) is 33.8 Å². The number of aliphatic hydroxyl groups is 1. The number of anilines is 4. The summed E-state index contributed by atoms with van der Waals surface area (Å²) in [6.45, 7) is 5.67. The van der Waals surface area contributed by atoms with Crippen LogP contribution in [0.4, 0.5) is 22.9 Å². The fraction of sp³-hybridized carbons (Fsp3) is 0.556. The second-order valence-corrected chi connectivity index (χ2v) is 12.0. The zero-order valence-corrected chi connectivity index (χ0v) is 22.6. The summed E-state index contributed by atoms with van der Waals surface area (Å²) in [4.78, 5) is 22.8. The highest BCUT2D eigenvalue weighted by Crippen LogP contribution is 2.41. The molecule has 0 spiro atoms. The van der Waals surface area contributed by atoms with Gasteiger partial charge in [0.05, 0.1) is 42.8 Å². The van der Waals surface area contributed by atoms with Gasteiger partial charge in [0.25, 0.3) is 0 Å². The van der Waals surface area contributed by atoms with Crippen molar-refractivity contribution < 1.29 is 14.6 Å². The van der Waals surface area contributed by atoms with Crippen molar-refractivity contribution in [3.63, 3.8) is 0 Å². The lowest BCUT2D eigenvalue weighted by Crippen LogP contribution is -2.39. The predicted molar refractivity (Wildman–Crippen MR) is 148 cm³/mol. The molecule has 0 bridgehead atoms. The quantitative estimate of drug-likeness (QED) is 0.376. The standard InChI is InChI=1S/C27H35IN4O3/c1-17(2)35-23-8-5-18(6-9-23)27(34)32-14-19-4-3-11-29-26(19)30-24-10-7-21(13-25(24)32)31-15-20(28)12-22(31)16-33/h3-4,7,10-11,13,17-18,20,22-23,33H,5-6,8-9,12,14-16H2,1-2H3,(H,29,30)/t18-,20-,22-,23-/m0/s1. The Morgan fingerprint density at radius 1 is 1.26 bits per heavy atom. The number of nitrogens with zero attached hydrogens (tertiary/aromatic N) is 3. The number of nitrogens with one attached hydrogen (secondary N) is 1. The van der Waals surface area contributed by atoms with Crippen molar-refractivity contribution in [3.05, 3.63) is 42.1 Å². The summed E-state index contributed by atoms with van der Waals surface area (Å²) in [5.41, 5.74) is 3.84. The lowest BCUT2D eigenvalue weighted by molar-refractivity contribution is -0.124. The fourth-order valence-electron chi connectivity index (χ4n) is 5.69. The van der Waals surface area contributed by atoms with Crippen LogP contribution in [0, 0.1) is 5.92 Å². The first kappa shape index (κ1) is 24.8. The molecule has 2 aliphatic heterocycles. The Labute approximate surface area is 221 Å². The lowest BCUT2D eigenvalue weighted by atomic mass is 9.86. The minimum Gasteiger partial charge on any atom is -0.394 e. The molecule has 2 atom stereocenters. The fourth-order valence-corrected chi connectivity index (χ4v) is 6.70. The van der Waals surface area contributed by atoms with Crippen LogP contribution in [0.3, 0.4) is 0 Å². The number of aliphatic hydroxyl groups excluding tert-OH is 1. The Kier molecular flexibility index (Phi) is 7.50. The number of hydrogen-bond donors (Lipinski definition) is 2. The van der Waals surface area contributed by atoms with Crippen LogP contribution in [0.1, 0.15) is 51.5 Å². The smallest absolute Gasteiger partial charge is 0.230 e. The Morgan fingerprint density at radius 2 is 2.06 bits per heavy atom. The van der Waals surface area contributed by atoms with Crippen LogP contribution >= 0.6 is 22.6 Å². The van der Waals surface area contributed by atoms with Gasteiger partial charge in [-0.05, 0) is 70.2 Å². The van der Waals surface area contributed by atoms with Gasteiger partial charge in [-0.15, -0.1) is 0 Å². The molecule has 3 aliphatic rings. The maximum atomic E-state index is 14.0. The number of carbonyl (C=O) groups excluding carboxylic acids is 1. The number of hydrogen-bond acceptors (Lipinski definition) is 6. The number of benzene rings is 1. The molecule has 2 fully saturated rings. The monoisotopic (exact) mass is 590 g/mol. The Hall–Kier alpha value is -1.91. The van der Waals surface area contributed by atoms with Crippen LogP contribution in [0.2, 0.25) is 0 Å². The predicted octanol–water partition coefficient (Wildman–Crippen LogP) is 5.03. The highest BCUT2D eigenvalue weighted by Gasteiger charge is 2.35. The van der Waals surface area contributed by atoms with E-state index in [1.807, 2.05) is 17.0 Å². The Balaban J connectivity index is 1.45. The van der Waals surface area contributed by atoms with Gasteiger partial charge in [-0.2, -0.15) is 0 Å². The number of halogens is 1. The average Bonchev–Trinajstić information content (AvgIpc) is 3.15. The van der Waals surface area contributed by atoms with Gasteiger partial charge < -0.3 is 25.0 Å². The van der Waals surface area contributed by atoms with Crippen molar-refractivity contribution in [2.24, 2.45) is 5.92 Å². The Bertz CT molecular complexity index is 1060. The van der Waals surface area contributed by atoms with Crippen LogP contribution < -0.4 is 15.1 Å². The van der Waals surface area contributed by atoms with E-state index in [1.54, 1.807) is 6.20 Å². The SMILES string of the molecule is CC(C)O[C@H]1CC[C@H](C(=O)N2Cc3cccnc3Nc3ccc(N4C[C@@H](I)C[C@H]4CO)cc32)CC1.